The summed E-state index contributed by atoms with van der Waals surface area (Å²) in [6.45, 7) is 7.03. The van der Waals surface area contributed by atoms with Crippen LogP contribution in [0.5, 0.6) is 0 Å². The highest BCUT2D eigenvalue weighted by molar-refractivity contribution is 5.83. The number of allylic oxidation sites excluding steroid dienone is 1. The van der Waals surface area contributed by atoms with Gasteiger partial charge in [0.05, 0.1) is 42.2 Å². The van der Waals surface area contributed by atoms with Crippen LogP contribution in [0, 0.1) is 17.2 Å². The van der Waals surface area contributed by atoms with Gasteiger partial charge in [0.1, 0.15) is 0 Å². The van der Waals surface area contributed by atoms with Crippen LogP contribution in [0.25, 0.3) is 22.6 Å². The number of benzene rings is 1. The molecule has 0 radical (unpaired) electrons. The van der Waals surface area contributed by atoms with Crippen molar-refractivity contribution in [2.45, 2.75) is 57.7 Å². The van der Waals surface area contributed by atoms with Crippen LogP contribution in [0.2, 0.25) is 0 Å². The molecule has 0 aliphatic heterocycles. The molecule has 0 aliphatic rings. The standard InChI is InChI=1S/C27H37N9O3/c1-3-19(13-12-18(2)32-27(38)20(30)9-6-7-14-28)23(37)17-36-22-11-5-4-10-21(22)33-26(36)24-25(35-39-34-24)31-16-8-15-29/h4-5,10-13,19-20,23,37H,2-3,6-9,14,16-17,28,30H2,1H3,(H,31,35)(H,32,38). The van der Waals surface area contributed by atoms with Gasteiger partial charge in [-0.25, -0.2) is 9.61 Å². The van der Waals surface area contributed by atoms with Crippen molar-refractivity contribution >= 4 is 22.8 Å². The fourth-order valence-electron chi connectivity index (χ4n) is 4.16. The quantitative estimate of drug-likeness (QED) is 0.134. The lowest BCUT2D eigenvalue weighted by Crippen LogP contribution is -2.39. The number of carbonyl (C=O) groups excluding carboxylic acids is 1. The number of imidazole rings is 1. The Labute approximate surface area is 227 Å². The third-order valence-electron chi connectivity index (χ3n) is 6.35. The number of nitrogens with one attached hydrogen (secondary N) is 2. The Kier molecular flexibility index (Phi) is 11.2. The first-order valence-electron chi connectivity index (χ1n) is 13.1. The molecule has 0 spiro atoms. The molecule has 0 bridgehead atoms. The molecule has 7 N–H and O–H groups in total. The molecule has 3 unspecified atom stereocenters. The number of carbonyl (C=O) groups is 1. The largest absolute Gasteiger partial charge is 0.391 e. The van der Waals surface area contributed by atoms with Gasteiger partial charge in [-0.15, -0.1) is 0 Å². The van der Waals surface area contributed by atoms with E-state index in [1.165, 1.54) is 0 Å². The average molecular weight is 536 g/mol. The number of unbranched alkanes of at least 4 members (excludes halogenated alkanes) is 1. The van der Waals surface area contributed by atoms with Crippen molar-refractivity contribution in [2.75, 3.05) is 18.4 Å². The van der Waals surface area contributed by atoms with Crippen molar-refractivity contribution in [3.8, 4) is 17.6 Å². The number of fused-ring (bicyclic) bond motifs is 1. The number of para-hydroxylation sites is 2. The molecule has 3 aromatic rings. The second kappa shape index (κ2) is 14.8. The lowest BCUT2D eigenvalue weighted by Gasteiger charge is -2.21. The van der Waals surface area contributed by atoms with E-state index in [2.05, 4.69) is 33.6 Å². The van der Waals surface area contributed by atoms with Gasteiger partial charge in [-0.2, -0.15) is 5.26 Å². The summed E-state index contributed by atoms with van der Waals surface area (Å²) in [5.74, 6) is 0.311. The number of aliphatic hydroxyl groups is 1. The van der Waals surface area contributed by atoms with Crippen LogP contribution in [-0.2, 0) is 11.3 Å². The minimum absolute atomic E-state index is 0.216. The van der Waals surface area contributed by atoms with Gasteiger partial charge in [0, 0.05) is 18.2 Å². The van der Waals surface area contributed by atoms with Gasteiger partial charge in [0.25, 0.3) is 0 Å². The third kappa shape index (κ3) is 7.97. The van der Waals surface area contributed by atoms with E-state index in [4.69, 9.17) is 26.3 Å². The monoisotopic (exact) mass is 535 g/mol. The molecular weight excluding hydrogens is 498 g/mol. The second-order valence-electron chi connectivity index (χ2n) is 9.24. The van der Waals surface area contributed by atoms with Crippen molar-refractivity contribution in [3.63, 3.8) is 0 Å². The molecule has 39 heavy (non-hydrogen) atoms. The molecule has 208 valence electrons. The van der Waals surface area contributed by atoms with Gasteiger partial charge >= 0.3 is 0 Å². The number of nitrogens with zero attached hydrogens (tertiary/aromatic N) is 5. The van der Waals surface area contributed by atoms with E-state index in [0.29, 0.717) is 49.0 Å². The Morgan fingerprint density at radius 3 is 2.87 bits per heavy atom. The van der Waals surface area contributed by atoms with Gasteiger partial charge in [0.2, 0.25) is 11.7 Å². The van der Waals surface area contributed by atoms with Gasteiger partial charge in [-0.1, -0.05) is 38.1 Å². The highest BCUT2D eigenvalue weighted by Crippen LogP contribution is 2.29. The maximum atomic E-state index is 12.3. The Morgan fingerprint density at radius 1 is 1.33 bits per heavy atom. The van der Waals surface area contributed by atoms with E-state index in [9.17, 15) is 9.90 Å². The lowest BCUT2D eigenvalue weighted by atomic mass is 9.98. The summed E-state index contributed by atoms with van der Waals surface area (Å²) in [5, 5.41) is 33.8. The van der Waals surface area contributed by atoms with Crippen LogP contribution >= 0.6 is 0 Å². The summed E-state index contributed by atoms with van der Waals surface area (Å²) in [5.41, 5.74) is 13.8. The van der Waals surface area contributed by atoms with E-state index >= 15 is 0 Å². The maximum absolute atomic E-state index is 12.3. The van der Waals surface area contributed by atoms with Gasteiger partial charge in [-0.05, 0) is 54.3 Å². The molecule has 0 aliphatic carbocycles. The van der Waals surface area contributed by atoms with Crippen molar-refractivity contribution in [1.82, 2.24) is 25.2 Å². The first-order valence-corrected chi connectivity index (χ1v) is 13.1. The van der Waals surface area contributed by atoms with Gasteiger partial charge < -0.3 is 31.8 Å². The minimum atomic E-state index is -0.792. The second-order valence-corrected chi connectivity index (χ2v) is 9.24. The Balaban J connectivity index is 1.75. The molecule has 0 fully saturated rings. The predicted octanol–water partition coefficient (Wildman–Crippen LogP) is 2.44. The number of hydrogen-bond donors (Lipinski definition) is 5. The predicted molar refractivity (Wildman–Crippen MR) is 149 cm³/mol. The van der Waals surface area contributed by atoms with Crippen LogP contribution in [0.3, 0.4) is 0 Å². The topological polar surface area (TPSA) is 194 Å². The molecule has 2 aromatic heterocycles. The molecular formula is C27H37N9O3. The van der Waals surface area contributed by atoms with Gasteiger partial charge in [0.15, 0.2) is 11.5 Å². The summed E-state index contributed by atoms with van der Waals surface area (Å²) in [7, 11) is 0. The number of aliphatic hydroxyl groups excluding tert-OH is 1. The van der Waals surface area contributed by atoms with Crippen LogP contribution in [0.1, 0.15) is 39.0 Å². The van der Waals surface area contributed by atoms with E-state index < -0.39 is 12.1 Å². The Bertz CT molecular complexity index is 1310. The Morgan fingerprint density at radius 2 is 2.13 bits per heavy atom. The van der Waals surface area contributed by atoms with Crippen LogP contribution in [-0.4, -0.2) is 56.1 Å². The number of aromatic nitrogens is 4. The average Bonchev–Trinajstić information content (AvgIpc) is 3.53. The number of nitrogens with two attached hydrogens (primary N) is 2. The highest BCUT2D eigenvalue weighted by atomic mass is 16.6. The highest BCUT2D eigenvalue weighted by Gasteiger charge is 2.24. The summed E-state index contributed by atoms with van der Waals surface area (Å²) in [4.78, 5) is 17.0. The first kappa shape index (κ1) is 29.5. The van der Waals surface area contributed by atoms with E-state index in [-0.39, 0.29) is 24.8 Å². The van der Waals surface area contributed by atoms with Crippen LogP contribution in [0.15, 0.2) is 53.3 Å². The zero-order valence-electron chi connectivity index (χ0n) is 22.2. The minimum Gasteiger partial charge on any atom is -0.391 e. The number of amides is 1. The molecule has 2 heterocycles. The number of anilines is 1. The molecule has 12 heteroatoms. The molecule has 12 nitrogen and oxygen atoms in total. The molecule has 1 amide bonds. The van der Waals surface area contributed by atoms with E-state index in [1.54, 1.807) is 6.08 Å². The van der Waals surface area contributed by atoms with Crippen molar-refractivity contribution < 1.29 is 14.5 Å². The number of hydrogen-bond acceptors (Lipinski definition) is 10. The molecule has 3 atom stereocenters. The van der Waals surface area contributed by atoms with E-state index in [1.807, 2.05) is 41.8 Å². The van der Waals surface area contributed by atoms with Crippen molar-refractivity contribution in [2.24, 2.45) is 17.4 Å². The summed E-state index contributed by atoms with van der Waals surface area (Å²) in [6.07, 6.45) is 5.81. The van der Waals surface area contributed by atoms with Crippen LogP contribution in [0.4, 0.5) is 5.82 Å². The zero-order chi connectivity index (χ0) is 28.2. The lowest BCUT2D eigenvalue weighted by molar-refractivity contribution is -0.121. The molecule has 3 rings (SSSR count). The van der Waals surface area contributed by atoms with E-state index in [0.717, 1.165) is 23.9 Å². The number of nitriles is 1. The first-order chi connectivity index (χ1) is 18.9. The molecule has 1 aromatic carbocycles. The zero-order valence-corrected chi connectivity index (χ0v) is 22.2. The SMILES string of the molecule is C=C(C=CC(CC)C(O)Cn1c(-c2nonc2NCCC#N)nc2ccccc21)NC(=O)C(N)CCCCN. The normalized spacial score (nSPS) is 13.7. The van der Waals surface area contributed by atoms with Crippen LogP contribution < -0.4 is 22.1 Å². The smallest absolute Gasteiger partial charge is 0.241 e. The molecule has 0 saturated heterocycles. The summed E-state index contributed by atoms with van der Waals surface area (Å²) < 4.78 is 6.84. The fourth-order valence-corrected chi connectivity index (χ4v) is 4.16. The Hall–Kier alpha value is -4.05. The number of rotatable bonds is 16. The summed E-state index contributed by atoms with van der Waals surface area (Å²) >= 11 is 0. The van der Waals surface area contributed by atoms with Gasteiger partial charge in [-0.3, -0.25) is 4.79 Å². The third-order valence-corrected chi connectivity index (χ3v) is 6.35. The fraction of sp³-hybridized carbons (Fsp3) is 0.444. The molecule has 0 saturated carbocycles. The van der Waals surface area contributed by atoms with Crippen molar-refractivity contribution in [1.29, 1.82) is 5.26 Å². The van der Waals surface area contributed by atoms with Crippen molar-refractivity contribution in [3.05, 3.63) is 48.7 Å². The maximum Gasteiger partial charge on any atom is 0.241 e. The summed E-state index contributed by atoms with van der Waals surface area (Å²) in [6, 6.07) is 9.01.